The summed E-state index contributed by atoms with van der Waals surface area (Å²) in [6.07, 6.45) is -1.81. The maximum absolute atomic E-state index is 14.2. The van der Waals surface area contributed by atoms with E-state index in [1.54, 1.807) is 30.3 Å². The van der Waals surface area contributed by atoms with Crippen molar-refractivity contribution in [1.29, 1.82) is 0 Å². The zero-order chi connectivity index (χ0) is 36.3. The van der Waals surface area contributed by atoms with Crippen molar-refractivity contribution in [1.82, 2.24) is 0 Å². The highest BCUT2D eigenvalue weighted by atomic mass is 28.4. The number of rotatable bonds is 9. The smallest absolute Gasteiger partial charge is 0.338 e. The number of Topliss-reactive ketones (excluding diaryl/α,β-unsaturated/α-hetero) is 1. The van der Waals surface area contributed by atoms with Crippen LogP contribution in [-0.4, -0.2) is 58.4 Å². The Morgan fingerprint density at radius 2 is 1.34 bits per heavy atom. The standard InChI is InChI=1S/C42H48O6Si2/c1-41(2,3)49(7,8)48-39-37(44)36-34(38(39)47-40(45)31-20-12-9-13-21-31)28-27-30(19-18-26-35(36)43)29-46-50(42(4,5)6,32-22-14-10-15-23-32)33-24-16-11-17-25-33/h9-17,19-25,34-36,38-39,43H,29H2,1-8H3/b30-19+/t34-,35+,36-,38-,39-/m0/s1. The van der Waals surface area contributed by atoms with Gasteiger partial charge in [-0.2, -0.15) is 0 Å². The Morgan fingerprint density at radius 1 is 0.800 bits per heavy atom. The first-order valence-corrected chi connectivity index (χ1v) is 22.0. The molecule has 3 aromatic carbocycles. The number of esters is 1. The molecule has 50 heavy (non-hydrogen) atoms. The number of aliphatic hydroxyl groups is 1. The Labute approximate surface area is 299 Å². The average Bonchev–Trinajstić information content (AvgIpc) is 3.36. The molecule has 5 atom stereocenters. The second-order valence-electron chi connectivity index (χ2n) is 15.6. The van der Waals surface area contributed by atoms with Crippen molar-refractivity contribution in [3.8, 4) is 23.7 Å². The van der Waals surface area contributed by atoms with Crippen LogP contribution in [0.25, 0.3) is 0 Å². The summed E-state index contributed by atoms with van der Waals surface area (Å²) in [6, 6.07) is 29.4. The number of benzene rings is 3. The zero-order valence-electron chi connectivity index (χ0n) is 30.3. The lowest BCUT2D eigenvalue weighted by Crippen LogP contribution is -2.66. The maximum Gasteiger partial charge on any atom is 0.338 e. The van der Waals surface area contributed by atoms with E-state index in [-0.39, 0.29) is 22.5 Å². The Balaban J connectivity index is 1.55. The minimum absolute atomic E-state index is 0.161. The number of ketones is 1. The number of hydrogen-bond acceptors (Lipinski definition) is 6. The number of fused-ring (bicyclic) bond motifs is 1. The minimum Gasteiger partial charge on any atom is -0.454 e. The van der Waals surface area contributed by atoms with E-state index in [1.807, 2.05) is 55.6 Å². The predicted octanol–water partition coefficient (Wildman–Crippen LogP) is 6.30. The Kier molecular flexibility index (Phi) is 10.9. The first-order chi connectivity index (χ1) is 23.6. The van der Waals surface area contributed by atoms with Crippen molar-refractivity contribution >= 4 is 38.8 Å². The third kappa shape index (κ3) is 7.51. The van der Waals surface area contributed by atoms with Crippen molar-refractivity contribution in [2.24, 2.45) is 11.8 Å². The van der Waals surface area contributed by atoms with Crippen LogP contribution in [0.2, 0.25) is 23.2 Å². The summed E-state index contributed by atoms with van der Waals surface area (Å²) in [5.41, 5.74) is 0.956. The second-order valence-corrected chi connectivity index (χ2v) is 24.7. The van der Waals surface area contributed by atoms with Gasteiger partial charge >= 0.3 is 5.97 Å². The first kappa shape index (κ1) is 37.2. The predicted molar refractivity (Wildman–Crippen MR) is 203 cm³/mol. The third-order valence-electron chi connectivity index (χ3n) is 10.2. The number of hydrogen-bond donors (Lipinski definition) is 1. The molecule has 6 nitrogen and oxygen atoms in total. The van der Waals surface area contributed by atoms with Crippen LogP contribution in [-0.2, 0) is 18.4 Å². The van der Waals surface area contributed by atoms with Crippen LogP contribution in [0.1, 0.15) is 51.9 Å². The molecule has 0 unspecified atom stereocenters. The number of ether oxygens (including phenoxy) is 1. The van der Waals surface area contributed by atoms with E-state index < -0.39 is 52.8 Å². The quantitative estimate of drug-likeness (QED) is 0.160. The van der Waals surface area contributed by atoms with E-state index in [9.17, 15) is 14.7 Å². The summed E-state index contributed by atoms with van der Waals surface area (Å²) in [4.78, 5) is 27.7. The van der Waals surface area contributed by atoms with Crippen molar-refractivity contribution in [3.63, 3.8) is 0 Å². The van der Waals surface area contributed by atoms with Crippen LogP contribution in [0.4, 0.5) is 0 Å². The molecular formula is C42H48O6Si2. The topological polar surface area (TPSA) is 82.1 Å². The first-order valence-electron chi connectivity index (χ1n) is 17.2. The highest BCUT2D eigenvalue weighted by Gasteiger charge is 2.57. The van der Waals surface area contributed by atoms with Gasteiger partial charge in [0.1, 0.15) is 18.3 Å². The van der Waals surface area contributed by atoms with Crippen molar-refractivity contribution in [2.45, 2.75) is 83.0 Å². The molecule has 3 aromatic rings. The largest absolute Gasteiger partial charge is 0.454 e. The van der Waals surface area contributed by atoms with Crippen molar-refractivity contribution in [2.75, 3.05) is 6.61 Å². The molecule has 260 valence electrons. The highest BCUT2D eigenvalue weighted by Crippen LogP contribution is 2.43. The molecule has 0 heterocycles. The van der Waals surface area contributed by atoms with Gasteiger partial charge in [-0.05, 0) is 45.7 Å². The molecule has 0 bridgehead atoms. The van der Waals surface area contributed by atoms with E-state index >= 15 is 0 Å². The van der Waals surface area contributed by atoms with Gasteiger partial charge in [0.15, 0.2) is 14.1 Å². The fraction of sp³-hybridized carbons (Fsp3) is 0.381. The van der Waals surface area contributed by atoms with E-state index in [1.165, 1.54) is 0 Å². The van der Waals surface area contributed by atoms with Gasteiger partial charge < -0.3 is 18.7 Å². The SMILES string of the molecule is CC(C)(C)[Si](C)(C)O[C@H]1C(=O)[C@H]2[C@H](C#C/C(CO[Si](c3ccccc3)(c3ccccc3)C(C)(C)C)=C\C#C[C@H]2O)[C@@H]1OC(=O)c1ccccc1. The Bertz CT molecular complexity index is 1790. The molecule has 1 saturated carbocycles. The van der Waals surface area contributed by atoms with Gasteiger partial charge in [0.25, 0.3) is 8.32 Å². The van der Waals surface area contributed by atoms with E-state index in [0.717, 1.165) is 10.4 Å². The summed E-state index contributed by atoms with van der Waals surface area (Å²) >= 11 is 0. The minimum atomic E-state index is -2.90. The Hall–Kier alpha value is -4.03. The number of carbonyl (C=O) groups excluding carboxylic acids is 2. The second kappa shape index (κ2) is 14.7. The summed E-state index contributed by atoms with van der Waals surface area (Å²) in [6.45, 7) is 17.1. The van der Waals surface area contributed by atoms with E-state index in [0.29, 0.717) is 11.1 Å². The average molecular weight is 705 g/mol. The highest BCUT2D eigenvalue weighted by molar-refractivity contribution is 6.99. The summed E-state index contributed by atoms with van der Waals surface area (Å²) < 4.78 is 20.0. The van der Waals surface area contributed by atoms with Crippen LogP contribution in [0.15, 0.2) is 103 Å². The number of carbonyl (C=O) groups is 2. The van der Waals surface area contributed by atoms with Gasteiger partial charge in [-0.15, -0.1) is 0 Å². The fourth-order valence-corrected chi connectivity index (χ4v) is 12.3. The van der Waals surface area contributed by atoms with Gasteiger partial charge in [0.05, 0.1) is 24.0 Å². The summed E-state index contributed by atoms with van der Waals surface area (Å²) in [7, 11) is -5.44. The molecule has 5 rings (SSSR count). The Morgan fingerprint density at radius 3 is 1.86 bits per heavy atom. The molecule has 1 N–H and O–H groups in total. The number of allylic oxidation sites excluding steroid dienone is 1. The molecule has 0 amide bonds. The van der Waals surface area contributed by atoms with Crippen LogP contribution in [0.5, 0.6) is 0 Å². The molecule has 0 saturated heterocycles. The summed E-state index contributed by atoms with van der Waals surface area (Å²) in [5, 5.41) is 13.2. The molecule has 0 aliphatic heterocycles. The van der Waals surface area contributed by atoms with Crippen molar-refractivity contribution < 1.29 is 28.3 Å². The molecule has 2 aliphatic rings. The molecule has 1 fully saturated rings. The van der Waals surface area contributed by atoms with Gasteiger partial charge in [0.2, 0.25) is 0 Å². The van der Waals surface area contributed by atoms with E-state index in [4.69, 9.17) is 13.6 Å². The fourth-order valence-electron chi connectivity index (χ4n) is 6.51. The van der Waals surface area contributed by atoms with Crippen LogP contribution in [0, 0.1) is 35.5 Å². The molecule has 0 aromatic heterocycles. The molecule has 0 radical (unpaired) electrons. The lowest BCUT2D eigenvalue weighted by atomic mass is 9.89. The van der Waals surface area contributed by atoms with Crippen LogP contribution in [0.3, 0.4) is 0 Å². The van der Waals surface area contributed by atoms with Gasteiger partial charge in [-0.3, -0.25) is 4.79 Å². The normalized spacial score (nSPS) is 23.4. The van der Waals surface area contributed by atoms with Crippen molar-refractivity contribution in [3.05, 3.63) is 108 Å². The summed E-state index contributed by atoms with van der Waals surface area (Å²) in [5.74, 6) is 9.54. The molecular weight excluding hydrogens is 657 g/mol. The van der Waals surface area contributed by atoms with Gasteiger partial charge in [0, 0.05) is 11.6 Å². The van der Waals surface area contributed by atoms with Gasteiger partial charge in [-0.25, -0.2) is 4.79 Å². The monoisotopic (exact) mass is 704 g/mol. The van der Waals surface area contributed by atoms with Crippen LogP contribution < -0.4 is 10.4 Å². The van der Waals surface area contributed by atoms with E-state index in [2.05, 4.69) is 89.5 Å². The lowest BCUT2D eigenvalue weighted by Gasteiger charge is -2.43. The molecule has 0 spiro atoms. The van der Waals surface area contributed by atoms with Gasteiger partial charge in [-0.1, -0.05) is 144 Å². The molecule has 2 aliphatic carbocycles. The number of aliphatic hydroxyl groups excluding tert-OH is 1. The maximum atomic E-state index is 14.2. The van der Waals surface area contributed by atoms with Crippen LogP contribution >= 0.6 is 0 Å². The lowest BCUT2D eigenvalue weighted by molar-refractivity contribution is -0.130. The molecule has 8 heteroatoms. The zero-order valence-corrected chi connectivity index (χ0v) is 32.3. The third-order valence-corrected chi connectivity index (χ3v) is 19.6.